The molecule has 0 spiro atoms. The van der Waals surface area contributed by atoms with Crippen molar-refractivity contribution in [1.82, 2.24) is 14.8 Å². The first kappa shape index (κ1) is 14.4. The predicted molar refractivity (Wildman–Crippen MR) is 74.6 cm³/mol. The number of hydrogen-bond acceptors (Lipinski definition) is 4. The average molecular weight is 283 g/mol. The van der Waals surface area contributed by atoms with E-state index in [4.69, 9.17) is 5.11 Å². The van der Waals surface area contributed by atoms with Crippen molar-refractivity contribution in [2.45, 2.75) is 63.1 Å². The molecule has 0 aromatic carbocycles. The van der Waals surface area contributed by atoms with Gasteiger partial charge in [-0.1, -0.05) is 31.5 Å². The molecule has 19 heavy (non-hydrogen) atoms. The molecule has 1 aromatic heterocycles. The molecule has 0 radical (unpaired) electrons. The molecule has 5 nitrogen and oxygen atoms in total. The van der Waals surface area contributed by atoms with E-state index in [-0.39, 0.29) is 17.2 Å². The van der Waals surface area contributed by atoms with Gasteiger partial charge in [-0.15, -0.1) is 10.2 Å². The van der Waals surface area contributed by atoms with E-state index in [0.717, 1.165) is 23.8 Å². The highest BCUT2D eigenvalue weighted by atomic mass is 32.2. The van der Waals surface area contributed by atoms with E-state index in [1.165, 1.54) is 24.6 Å². The molecule has 0 atom stereocenters. The first-order chi connectivity index (χ1) is 8.94. The minimum absolute atomic E-state index is 0.0293. The Kier molecular flexibility index (Phi) is 4.18. The van der Waals surface area contributed by atoms with Gasteiger partial charge in [-0.2, -0.15) is 0 Å². The first-order valence-electron chi connectivity index (χ1n) is 6.74. The molecule has 1 aliphatic carbocycles. The van der Waals surface area contributed by atoms with Crippen LogP contribution in [0.5, 0.6) is 0 Å². The molecule has 0 saturated heterocycles. The van der Waals surface area contributed by atoms with Gasteiger partial charge in [0, 0.05) is 11.5 Å². The fourth-order valence-electron chi connectivity index (χ4n) is 2.76. The quantitative estimate of drug-likeness (QED) is 0.842. The van der Waals surface area contributed by atoms with Crippen LogP contribution in [-0.4, -0.2) is 31.6 Å². The maximum absolute atomic E-state index is 10.7. The van der Waals surface area contributed by atoms with Crippen LogP contribution in [0.3, 0.4) is 0 Å². The highest BCUT2D eigenvalue weighted by Gasteiger charge is 2.36. The van der Waals surface area contributed by atoms with Crippen molar-refractivity contribution >= 4 is 17.7 Å². The highest BCUT2D eigenvalue weighted by molar-refractivity contribution is 7.99. The highest BCUT2D eigenvalue weighted by Crippen LogP contribution is 2.41. The summed E-state index contributed by atoms with van der Waals surface area (Å²) in [6, 6.07) is 0.249. The number of rotatable bonds is 5. The van der Waals surface area contributed by atoms with Gasteiger partial charge in [0.05, 0.1) is 5.75 Å². The lowest BCUT2D eigenvalue weighted by Crippen LogP contribution is -2.24. The Morgan fingerprint density at radius 3 is 2.58 bits per heavy atom. The molecule has 0 aliphatic heterocycles. The van der Waals surface area contributed by atoms with Crippen molar-refractivity contribution < 1.29 is 9.90 Å². The lowest BCUT2D eigenvalue weighted by Gasteiger charge is -2.25. The Balaban J connectivity index is 2.31. The van der Waals surface area contributed by atoms with Gasteiger partial charge in [-0.25, -0.2) is 0 Å². The number of carboxylic acids is 1. The second kappa shape index (κ2) is 5.53. The van der Waals surface area contributed by atoms with E-state index in [2.05, 4.69) is 35.5 Å². The molecule has 1 heterocycles. The SMILES string of the molecule is CC(C)n1c(SCC(=O)O)nnc1C1(C)CCCC1. The number of nitrogens with zero attached hydrogens (tertiary/aromatic N) is 3. The minimum Gasteiger partial charge on any atom is -0.481 e. The van der Waals surface area contributed by atoms with Crippen LogP contribution in [0.2, 0.25) is 0 Å². The van der Waals surface area contributed by atoms with E-state index in [9.17, 15) is 4.79 Å². The van der Waals surface area contributed by atoms with Crippen molar-refractivity contribution in [3.63, 3.8) is 0 Å². The maximum atomic E-state index is 10.7. The van der Waals surface area contributed by atoms with Crippen molar-refractivity contribution in [3.05, 3.63) is 5.82 Å². The summed E-state index contributed by atoms with van der Waals surface area (Å²) in [7, 11) is 0. The standard InChI is InChI=1S/C13H21N3O2S/c1-9(2)16-11(13(3)6-4-5-7-13)14-15-12(16)19-8-10(17)18/h9H,4-8H2,1-3H3,(H,17,18). The van der Waals surface area contributed by atoms with Crippen LogP contribution in [0, 0.1) is 0 Å². The largest absolute Gasteiger partial charge is 0.481 e. The van der Waals surface area contributed by atoms with Crippen molar-refractivity contribution in [2.24, 2.45) is 0 Å². The minimum atomic E-state index is -0.822. The van der Waals surface area contributed by atoms with Crippen LogP contribution in [-0.2, 0) is 10.2 Å². The molecule has 1 fully saturated rings. The normalized spacial score (nSPS) is 18.1. The summed E-state index contributed by atoms with van der Waals surface area (Å²) >= 11 is 1.25. The van der Waals surface area contributed by atoms with Crippen LogP contribution in [0.4, 0.5) is 0 Å². The molecule has 1 saturated carbocycles. The molecule has 0 bridgehead atoms. The van der Waals surface area contributed by atoms with E-state index in [0.29, 0.717) is 0 Å². The van der Waals surface area contributed by atoms with Crippen LogP contribution in [0.25, 0.3) is 0 Å². The van der Waals surface area contributed by atoms with Crippen LogP contribution >= 0.6 is 11.8 Å². The van der Waals surface area contributed by atoms with Crippen LogP contribution in [0.1, 0.15) is 58.3 Å². The van der Waals surface area contributed by atoms with Gasteiger partial charge in [0.15, 0.2) is 5.16 Å². The summed E-state index contributed by atoms with van der Waals surface area (Å²) in [5.74, 6) is 0.228. The monoisotopic (exact) mass is 283 g/mol. The molecule has 1 aromatic rings. The topological polar surface area (TPSA) is 68.0 Å². The third-order valence-corrected chi connectivity index (χ3v) is 4.68. The van der Waals surface area contributed by atoms with E-state index >= 15 is 0 Å². The van der Waals surface area contributed by atoms with Crippen molar-refractivity contribution in [2.75, 3.05) is 5.75 Å². The Labute approximate surface area is 117 Å². The molecule has 1 aliphatic rings. The van der Waals surface area contributed by atoms with Gasteiger partial charge in [-0.3, -0.25) is 4.79 Å². The third kappa shape index (κ3) is 2.94. The number of hydrogen-bond donors (Lipinski definition) is 1. The zero-order chi connectivity index (χ0) is 14.0. The third-order valence-electron chi connectivity index (χ3n) is 3.75. The van der Waals surface area contributed by atoms with Gasteiger partial charge in [-0.05, 0) is 26.7 Å². The summed E-state index contributed by atoms with van der Waals surface area (Å²) in [4.78, 5) is 10.7. The van der Waals surface area contributed by atoms with E-state index in [1.54, 1.807) is 0 Å². The van der Waals surface area contributed by atoms with Gasteiger partial charge in [0.25, 0.3) is 0 Å². The summed E-state index contributed by atoms with van der Waals surface area (Å²) in [5, 5.41) is 18.1. The average Bonchev–Trinajstić information content (AvgIpc) is 2.93. The molecule has 1 N–H and O–H groups in total. The van der Waals surface area contributed by atoms with Crippen LogP contribution < -0.4 is 0 Å². The first-order valence-corrected chi connectivity index (χ1v) is 7.72. The van der Waals surface area contributed by atoms with Crippen molar-refractivity contribution in [1.29, 1.82) is 0 Å². The summed E-state index contributed by atoms with van der Waals surface area (Å²) in [6.07, 6.45) is 4.75. The Hall–Kier alpha value is -1.04. The predicted octanol–water partition coefficient (Wildman–Crippen LogP) is 2.87. The molecule has 0 amide bonds. The number of carboxylic acid groups (broad SMARTS) is 1. The summed E-state index contributed by atoms with van der Waals surface area (Å²) < 4.78 is 2.11. The Bertz CT molecular complexity index is 464. The van der Waals surface area contributed by atoms with Crippen molar-refractivity contribution in [3.8, 4) is 0 Å². The molecule has 106 valence electrons. The second-order valence-corrected chi connectivity index (χ2v) is 6.66. The Morgan fingerprint density at radius 2 is 2.05 bits per heavy atom. The molecule has 0 unspecified atom stereocenters. The number of thioether (sulfide) groups is 1. The number of aliphatic carboxylic acids is 1. The van der Waals surface area contributed by atoms with Gasteiger partial charge in [0.2, 0.25) is 0 Å². The maximum Gasteiger partial charge on any atom is 0.313 e. The molecule has 2 rings (SSSR count). The van der Waals surface area contributed by atoms with Crippen LogP contribution in [0.15, 0.2) is 5.16 Å². The zero-order valence-corrected chi connectivity index (χ0v) is 12.5. The lowest BCUT2D eigenvalue weighted by atomic mass is 9.87. The zero-order valence-electron chi connectivity index (χ0n) is 11.7. The van der Waals surface area contributed by atoms with Gasteiger partial charge >= 0.3 is 5.97 Å². The summed E-state index contributed by atoms with van der Waals surface area (Å²) in [5.41, 5.74) is 0.0965. The van der Waals surface area contributed by atoms with E-state index in [1.807, 2.05) is 0 Å². The number of carbonyl (C=O) groups is 1. The fraction of sp³-hybridized carbons (Fsp3) is 0.769. The summed E-state index contributed by atoms with van der Waals surface area (Å²) in [6.45, 7) is 6.43. The Morgan fingerprint density at radius 1 is 1.42 bits per heavy atom. The number of aromatic nitrogens is 3. The van der Waals surface area contributed by atoms with E-state index < -0.39 is 5.97 Å². The lowest BCUT2D eigenvalue weighted by molar-refractivity contribution is -0.133. The fourth-order valence-corrected chi connectivity index (χ4v) is 3.55. The molecule has 6 heteroatoms. The molecular formula is C13H21N3O2S. The second-order valence-electron chi connectivity index (χ2n) is 5.72. The van der Waals surface area contributed by atoms with Gasteiger partial charge in [0.1, 0.15) is 5.82 Å². The van der Waals surface area contributed by atoms with Gasteiger partial charge < -0.3 is 9.67 Å². The smallest absolute Gasteiger partial charge is 0.313 e. The molecular weight excluding hydrogens is 262 g/mol.